The molecule has 2 aromatic rings. The summed E-state index contributed by atoms with van der Waals surface area (Å²) in [5, 5.41) is 3.49. The van der Waals surface area contributed by atoms with Crippen molar-refractivity contribution in [2.24, 2.45) is 10.7 Å². The molecular formula is C20H26N4O2. The molecular weight excluding hydrogens is 328 g/mol. The van der Waals surface area contributed by atoms with Crippen LogP contribution in [0.4, 0.5) is 11.4 Å². The molecule has 138 valence electrons. The largest absolute Gasteiger partial charge is 0.461 e. The Morgan fingerprint density at radius 1 is 1.31 bits per heavy atom. The Labute approximate surface area is 154 Å². The number of benzene rings is 1. The van der Waals surface area contributed by atoms with Crippen molar-refractivity contribution in [1.82, 2.24) is 4.90 Å². The average Bonchev–Trinajstić information content (AvgIpc) is 3.21. The van der Waals surface area contributed by atoms with Crippen molar-refractivity contribution >= 4 is 23.3 Å². The molecule has 1 saturated heterocycles. The molecule has 0 bridgehead atoms. The zero-order valence-electron chi connectivity index (χ0n) is 15.0. The number of nitrogens with two attached hydrogens (primary N) is 1. The van der Waals surface area contributed by atoms with Crippen LogP contribution in [0.2, 0.25) is 0 Å². The number of ether oxygens (including phenoxy) is 1. The van der Waals surface area contributed by atoms with E-state index in [9.17, 15) is 0 Å². The highest BCUT2D eigenvalue weighted by Gasteiger charge is 2.09. The van der Waals surface area contributed by atoms with Crippen LogP contribution in [0.1, 0.15) is 17.7 Å². The van der Waals surface area contributed by atoms with Crippen molar-refractivity contribution in [1.29, 1.82) is 0 Å². The van der Waals surface area contributed by atoms with Crippen molar-refractivity contribution in [3.05, 3.63) is 54.5 Å². The van der Waals surface area contributed by atoms with E-state index in [1.54, 1.807) is 18.4 Å². The van der Waals surface area contributed by atoms with E-state index in [2.05, 4.69) is 21.8 Å². The van der Waals surface area contributed by atoms with E-state index >= 15 is 0 Å². The normalized spacial score (nSPS) is 15.8. The first kappa shape index (κ1) is 18.2. The quantitative estimate of drug-likeness (QED) is 0.433. The predicted octanol–water partition coefficient (Wildman–Crippen LogP) is 3.09. The highest BCUT2D eigenvalue weighted by atomic mass is 16.5. The van der Waals surface area contributed by atoms with Crippen molar-refractivity contribution in [3.8, 4) is 0 Å². The molecule has 1 aromatic heterocycles. The van der Waals surface area contributed by atoms with Gasteiger partial charge < -0.3 is 20.2 Å². The van der Waals surface area contributed by atoms with Gasteiger partial charge in [0.1, 0.15) is 0 Å². The van der Waals surface area contributed by atoms with Gasteiger partial charge in [-0.3, -0.25) is 4.90 Å². The number of rotatable bonds is 8. The van der Waals surface area contributed by atoms with E-state index in [-0.39, 0.29) is 0 Å². The molecule has 0 unspecified atom stereocenters. The molecule has 0 amide bonds. The molecule has 3 rings (SSSR count). The van der Waals surface area contributed by atoms with Gasteiger partial charge in [0.05, 0.1) is 25.2 Å². The average molecular weight is 354 g/mol. The predicted molar refractivity (Wildman–Crippen MR) is 106 cm³/mol. The van der Waals surface area contributed by atoms with Gasteiger partial charge in [0.2, 0.25) is 0 Å². The smallest absolute Gasteiger partial charge is 0.168 e. The lowest BCUT2D eigenvalue weighted by Crippen LogP contribution is -2.37. The van der Waals surface area contributed by atoms with Gasteiger partial charge in [-0.15, -0.1) is 0 Å². The standard InChI is InChI=1S/C20H26N4O2/c1-2-16-6-7-17(23-20(21)19-5-3-12-26-19)15-18(16)22-8-4-9-24-10-13-25-14-11-24/h2-3,5-7,12,15,22H,1,4,8-11,13-14H2,(H2,21,23). The lowest BCUT2D eigenvalue weighted by atomic mass is 10.1. The van der Waals surface area contributed by atoms with Gasteiger partial charge in [-0.25, -0.2) is 4.99 Å². The molecule has 1 aliphatic rings. The summed E-state index contributed by atoms with van der Waals surface area (Å²) in [6.45, 7) is 9.57. The van der Waals surface area contributed by atoms with E-state index in [0.29, 0.717) is 11.6 Å². The zero-order valence-corrected chi connectivity index (χ0v) is 15.0. The molecule has 6 heteroatoms. The molecule has 0 spiro atoms. The number of hydrogen-bond acceptors (Lipinski definition) is 5. The summed E-state index contributed by atoms with van der Waals surface area (Å²) in [5.41, 5.74) is 8.83. The number of nitrogens with one attached hydrogen (secondary N) is 1. The summed E-state index contributed by atoms with van der Waals surface area (Å²) in [5.74, 6) is 0.928. The van der Waals surface area contributed by atoms with Crippen molar-refractivity contribution in [3.63, 3.8) is 0 Å². The molecule has 0 saturated carbocycles. The van der Waals surface area contributed by atoms with Crippen LogP contribution in [-0.2, 0) is 4.74 Å². The minimum Gasteiger partial charge on any atom is -0.461 e. The van der Waals surface area contributed by atoms with Crippen LogP contribution in [0.3, 0.4) is 0 Å². The van der Waals surface area contributed by atoms with Gasteiger partial charge >= 0.3 is 0 Å². The lowest BCUT2D eigenvalue weighted by molar-refractivity contribution is 0.0378. The third-order valence-electron chi connectivity index (χ3n) is 4.35. The Balaban J connectivity index is 1.60. The number of hydrogen-bond donors (Lipinski definition) is 2. The highest BCUT2D eigenvalue weighted by Crippen LogP contribution is 2.24. The second kappa shape index (κ2) is 9.22. The van der Waals surface area contributed by atoms with E-state index in [1.807, 2.05) is 24.3 Å². The van der Waals surface area contributed by atoms with Crippen LogP contribution in [-0.4, -0.2) is 50.1 Å². The van der Waals surface area contributed by atoms with Crippen LogP contribution < -0.4 is 11.1 Å². The SMILES string of the molecule is C=Cc1ccc(N=C(N)c2ccco2)cc1NCCCN1CCOCC1. The maximum atomic E-state index is 6.00. The minimum absolute atomic E-state index is 0.361. The van der Waals surface area contributed by atoms with E-state index < -0.39 is 0 Å². The third kappa shape index (κ3) is 4.97. The fraction of sp³-hybridized carbons (Fsp3) is 0.350. The zero-order chi connectivity index (χ0) is 18.2. The van der Waals surface area contributed by atoms with Gasteiger partial charge in [-0.1, -0.05) is 18.7 Å². The maximum absolute atomic E-state index is 6.00. The molecule has 1 aromatic carbocycles. The summed E-state index contributed by atoms with van der Waals surface area (Å²) in [4.78, 5) is 6.88. The van der Waals surface area contributed by atoms with Gasteiger partial charge in [0, 0.05) is 25.3 Å². The fourth-order valence-electron chi connectivity index (χ4n) is 2.91. The first-order valence-corrected chi connectivity index (χ1v) is 8.95. The minimum atomic E-state index is 0.361. The first-order valence-electron chi connectivity index (χ1n) is 8.95. The van der Waals surface area contributed by atoms with E-state index in [0.717, 1.165) is 62.8 Å². The van der Waals surface area contributed by atoms with Crippen LogP contribution in [0.15, 0.2) is 52.6 Å². The van der Waals surface area contributed by atoms with Gasteiger partial charge in [0.15, 0.2) is 11.6 Å². The lowest BCUT2D eigenvalue weighted by Gasteiger charge is -2.26. The molecule has 2 heterocycles. The number of amidine groups is 1. The number of morpholine rings is 1. The Kier molecular flexibility index (Phi) is 6.46. The second-order valence-electron chi connectivity index (χ2n) is 6.18. The third-order valence-corrected chi connectivity index (χ3v) is 4.35. The summed E-state index contributed by atoms with van der Waals surface area (Å²) >= 11 is 0. The molecule has 26 heavy (non-hydrogen) atoms. The van der Waals surface area contributed by atoms with Crippen LogP contribution in [0, 0.1) is 0 Å². The summed E-state index contributed by atoms with van der Waals surface area (Å²) in [6, 6.07) is 9.49. The molecule has 1 fully saturated rings. The highest BCUT2D eigenvalue weighted by molar-refractivity contribution is 5.96. The van der Waals surface area contributed by atoms with Gasteiger partial charge in [-0.2, -0.15) is 0 Å². The molecule has 0 radical (unpaired) electrons. The number of anilines is 1. The molecule has 0 atom stereocenters. The summed E-state index contributed by atoms with van der Waals surface area (Å²) < 4.78 is 10.7. The molecule has 3 N–H and O–H groups in total. The first-order chi connectivity index (χ1) is 12.8. The Bertz CT molecular complexity index is 734. The van der Waals surface area contributed by atoms with Gasteiger partial charge in [0.25, 0.3) is 0 Å². The van der Waals surface area contributed by atoms with Crippen LogP contribution >= 0.6 is 0 Å². The Morgan fingerprint density at radius 2 is 2.15 bits per heavy atom. The second-order valence-corrected chi connectivity index (χ2v) is 6.18. The fourth-order valence-corrected chi connectivity index (χ4v) is 2.91. The molecule has 0 aliphatic carbocycles. The monoisotopic (exact) mass is 354 g/mol. The maximum Gasteiger partial charge on any atom is 0.168 e. The number of furan rings is 1. The summed E-state index contributed by atoms with van der Waals surface area (Å²) in [6.07, 6.45) is 4.49. The topological polar surface area (TPSA) is 76.0 Å². The van der Waals surface area contributed by atoms with Gasteiger partial charge in [-0.05, 0) is 42.8 Å². The van der Waals surface area contributed by atoms with Crippen molar-refractivity contribution in [2.45, 2.75) is 6.42 Å². The Morgan fingerprint density at radius 3 is 2.88 bits per heavy atom. The number of aliphatic imine (C=N–C) groups is 1. The Hall–Kier alpha value is -2.57. The van der Waals surface area contributed by atoms with E-state index in [1.165, 1.54) is 0 Å². The number of nitrogens with zero attached hydrogens (tertiary/aromatic N) is 2. The van der Waals surface area contributed by atoms with Crippen LogP contribution in [0.5, 0.6) is 0 Å². The summed E-state index contributed by atoms with van der Waals surface area (Å²) in [7, 11) is 0. The van der Waals surface area contributed by atoms with Crippen LogP contribution in [0.25, 0.3) is 6.08 Å². The molecule has 1 aliphatic heterocycles. The van der Waals surface area contributed by atoms with E-state index in [4.69, 9.17) is 14.9 Å². The molecule has 6 nitrogen and oxygen atoms in total. The van der Waals surface area contributed by atoms with Crippen molar-refractivity contribution in [2.75, 3.05) is 44.7 Å². The van der Waals surface area contributed by atoms with Crippen molar-refractivity contribution < 1.29 is 9.15 Å².